The fraction of sp³-hybridized carbons (Fsp3) is 0.366. The summed E-state index contributed by atoms with van der Waals surface area (Å²) in [7, 11) is 0. The zero-order valence-electron chi connectivity index (χ0n) is 32.2. The van der Waals surface area contributed by atoms with Crippen LogP contribution in [0, 0.1) is 0 Å². The number of nitrogens with one attached hydrogen (secondary N) is 2. The third-order valence-corrected chi connectivity index (χ3v) is 9.08. The number of oxime groups is 1. The van der Waals surface area contributed by atoms with Crippen LogP contribution in [0.4, 0.5) is 5.13 Å². The highest BCUT2D eigenvalue weighted by molar-refractivity contribution is 7.14. The summed E-state index contributed by atoms with van der Waals surface area (Å²) in [6.45, 7) is 12.6. The molecule has 13 nitrogen and oxygen atoms in total. The van der Waals surface area contributed by atoms with Gasteiger partial charge < -0.3 is 24.9 Å². The van der Waals surface area contributed by atoms with Crippen LogP contribution in [0.15, 0.2) is 102 Å². The van der Waals surface area contributed by atoms with E-state index in [0.717, 1.165) is 21.8 Å². The molecule has 1 fully saturated rings. The molecule has 14 heteroatoms. The van der Waals surface area contributed by atoms with Gasteiger partial charge in [0, 0.05) is 5.38 Å². The van der Waals surface area contributed by atoms with Gasteiger partial charge in [-0.05, 0) is 72.1 Å². The average Bonchev–Trinajstić information content (AvgIpc) is 3.58. The predicted molar refractivity (Wildman–Crippen MR) is 208 cm³/mol. The number of amides is 2. The molecule has 1 atom stereocenters. The van der Waals surface area contributed by atoms with Crippen LogP contribution in [-0.4, -0.2) is 75.5 Å². The number of aromatic nitrogens is 1. The average molecular weight is 770 g/mol. The van der Waals surface area contributed by atoms with Crippen molar-refractivity contribution in [2.45, 2.75) is 83.7 Å². The van der Waals surface area contributed by atoms with E-state index in [1.54, 1.807) is 60.8 Å². The maximum atomic E-state index is 14.0. The first-order valence-electron chi connectivity index (χ1n) is 17.7. The number of rotatable bonds is 14. The van der Waals surface area contributed by atoms with Crippen molar-refractivity contribution in [2.75, 3.05) is 18.5 Å². The molecule has 0 radical (unpaired) electrons. The number of carbonyl (C=O) groups excluding carboxylic acids is 4. The molecule has 55 heavy (non-hydrogen) atoms. The highest BCUT2D eigenvalue weighted by Crippen LogP contribution is 2.41. The maximum absolute atomic E-state index is 14.0. The number of hydroxylamine groups is 2. The first kappa shape index (κ1) is 40.6. The number of esters is 2. The lowest BCUT2D eigenvalue weighted by Gasteiger charge is -2.51. The Bertz CT molecular complexity index is 1910. The van der Waals surface area contributed by atoms with Crippen LogP contribution in [-0.2, 0) is 43.9 Å². The van der Waals surface area contributed by atoms with Crippen LogP contribution in [0.1, 0.15) is 77.8 Å². The number of thiazole rings is 1. The Morgan fingerprint density at radius 1 is 0.782 bits per heavy atom. The molecule has 290 valence electrons. The normalized spacial score (nSPS) is 15.8. The summed E-state index contributed by atoms with van der Waals surface area (Å²) in [5.74, 6) is -2.72. The van der Waals surface area contributed by atoms with E-state index >= 15 is 0 Å². The fourth-order valence-corrected chi connectivity index (χ4v) is 6.77. The van der Waals surface area contributed by atoms with Crippen molar-refractivity contribution in [3.8, 4) is 0 Å². The number of anilines is 1. The van der Waals surface area contributed by atoms with Crippen LogP contribution in [0.5, 0.6) is 0 Å². The summed E-state index contributed by atoms with van der Waals surface area (Å²) in [4.78, 5) is 67.6. The van der Waals surface area contributed by atoms with E-state index < -0.39 is 65.3 Å². The molecule has 4 aromatic rings. The van der Waals surface area contributed by atoms with E-state index in [2.05, 4.69) is 15.8 Å². The molecular formula is C41H47N5O8S. The zero-order valence-corrected chi connectivity index (χ0v) is 33.1. The van der Waals surface area contributed by atoms with Gasteiger partial charge in [0.25, 0.3) is 11.8 Å². The summed E-state index contributed by atoms with van der Waals surface area (Å²) in [5.41, 5.74) is -0.792. The molecule has 0 saturated carbocycles. The quantitative estimate of drug-likeness (QED) is 0.0514. The van der Waals surface area contributed by atoms with Crippen molar-refractivity contribution in [2.24, 2.45) is 5.16 Å². The van der Waals surface area contributed by atoms with Gasteiger partial charge in [-0.2, -0.15) is 0 Å². The summed E-state index contributed by atoms with van der Waals surface area (Å²) in [5, 5.41) is 13.5. The summed E-state index contributed by atoms with van der Waals surface area (Å²) < 4.78 is 10.6. The number of hydrogen-bond donors (Lipinski definition) is 2. The summed E-state index contributed by atoms with van der Waals surface area (Å²) in [6.07, 6.45) is 0. The van der Waals surface area contributed by atoms with Crippen molar-refractivity contribution in [3.05, 3.63) is 119 Å². The number of hydrogen-bond acceptors (Lipinski definition) is 12. The summed E-state index contributed by atoms with van der Waals surface area (Å²) in [6, 6.07) is 28.8. The van der Waals surface area contributed by atoms with Gasteiger partial charge in [-0.25, -0.2) is 19.6 Å². The van der Waals surface area contributed by atoms with Gasteiger partial charge in [-0.15, -0.1) is 11.3 Å². The Kier molecular flexibility index (Phi) is 12.1. The van der Waals surface area contributed by atoms with Gasteiger partial charge in [0.15, 0.2) is 17.5 Å². The molecule has 3 aromatic carbocycles. The Morgan fingerprint density at radius 2 is 1.25 bits per heavy atom. The number of ether oxygens (including phenoxy) is 2. The molecule has 1 aliphatic heterocycles. The largest absolute Gasteiger partial charge is 0.458 e. The van der Waals surface area contributed by atoms with E-state index in [1.165, 1.54) is 11.3 Å². The number of nitrogens with zero attached hydrogens (tertiary/aromatic N) is 3. The van der Waals surface area contributed by atoms with Crippen molar-refractivity contribution < 1.29 is 38.3 Å². The molecule has 2 N–H and O–H groups in total. The minimum Gasteiger partial charge on any atom is -0.458 e. The monoisotopic (exact) mass is 769 g/mol. The highest BCUT2D eigenvalue weighted by Gasteiger charge is 2.57. The number of carbonyl (C=O) groups is 4. The van der Waals surface area contributed by atoms with E-state index in [-0.39, 0.29) is 11.4 Å². The molecule has 0 unspecified atom stereocenters. The van der Waals surface area contributed by atoms with Crippen LogP contribution in [0.2, 0.25) is 0 Å². The molecule has 2 amide bonds. The smallest absolute Gasteiger partial charge is 0.347 e. The molecule has 1 aliphatic rings. The Labute approximate surface area is 325 Å². The van der Waals surface area contributed by atoms with Crippen molar-refractivity contribution in [1.29, 1.82) is 0 Å². The lowest BCUT2D eigenvalue weighted by Crippen LogP contribution is -2.76. The molecule has 5 rings (SSSR count). The molecule has 0 aliphatic carbocycles. The Morgan fingerprint density at radius 3 is 1.71 bits per heavy atom. The van der Waals surface area contributed by atoms with Crippen LogP contribution in [0.25, 0.3) is 0 Å². The van der Waals surface area contributed by atoms with Crippen LogP contribution in [0.3, 0.4) is 0 Å². The van der Waals surface area contributed by atoms with Crippen LogP contribution < -0.4 is 10.6 Å². The molecule has 2 heterocycles. The van der Waals surface area contributed by atoms with Gasteiger partial charge in [-0.1, -0.05) is 96.2 Å². The van der Waals surface area contributed by atoms with Gasteiger partial charge in [0.05, 0.1) is 5.54 Å². The number of benzene rings is 3. The minimum absolute atomic E-state index is 0.125. The van der Waals surface area contributed by atoms with E-state index in [4.69, 9.17) is 24.1 Å². The van der Waals surface area contributed by atoms with E-state index in [1.807, 2.05) is 91.0 Å². The standard InChI is InChI=1S/C41H47N5O8S/c1-38(2,3)53-31(47)24-51-45-33(35(49)43-34-36(50)46(40(34,7)8)52-25-32(48)54-39(4,5)6)30-26-55-37(42-30)44-41(27-18-12-9-13-19-27,28-20-14-10-15-21-28)29-22-16-11-17-23-29/h9-23,26,34H,24-25H2,1-8H3,(H,42,44)(H,43,49)/b45-33-/t34-/m1/s1. The SMILES string of the molecule is CC(C)(C)OC(=O)CO/N=C(\C(=O)N[C@@H]1C(=O)N(OCC(=O)OC(C)(C)C)C1(C)C)c1csc(NC(c2ccccc2)(c2ccccc2)c2ccccc2)n1. The molecule has 0 bridgehead atoms. The van der Waals surface area contributed by atoms with Gasteiger partial charge in [0.2, 0.25) is 6.61 Å². The lowest BCUT2D eigenvalue weighted by molar-refractivity contribution is -0.259. The third kappa shape index (κ3) is 9.75. The first-order valence-corrected chi connectivity index (χ1v) is 18.6. The van der Waals surface area contributed by atoms with Crippen molar-refractivity contribution in [3.63, 3.8) is 0 Å². The highest BCUT2D eigenvalue weighted by atomic mass is 32.1. The maximum Gasteiger partial charge on any atom is 0.347 e. The second-order valence-corrected chi connectivity index (χ2v) is 16.2. The first-order chi connectivity index (χ1) is 25.9. The number of β-lactam (4-membered cyclic amide) rings is 1. The topological polar surface area (TPSA) is 158 Å². The summed E-state index contributed by atoms with van der Waals surface area (Å²) >= 11 is 1.24. The predicted octanol–water partition coefficient (Wildman–Crippen LogP) is 5.99. The third-order valence-electron chi connectivity index (χ3n) is 8.32. The minimum atomic E-state index is -1.06. The molecule has 1 saturated heterocycles. The molecular weight excluding hydrogens is 723 g/mol. The van der Waals surface area contributed by atoms with E-state index in [9.17, 15) is 19.2 Å². The fourth-order valence-electron chi connectivity index (χ4n) is 6.02. The second-order valence-electron chi connectivity index (χ2n) is 15.4. The lowest BCUT2D eigenvalue weighted by atomic mass is 9.77. The van der Waals surface area contributed by atoms with Gasteiger partial charge in [0.1, 0.15) is 28.5 Å². The van der Waals surface area contributed by atoms with Crippen molar-refractivity contribution >= 4 is 45.9 Å². The van der Waals surface area contributed by atoms with E-state index in [0.29, 0.717) is 5.13 Å². The van der Waals surface area contributed by atoms with Crippen LogP contribution >= 0.6 is 11.3 Å². The second kappa shape index (κ2) is 16.4. The zero-order chi connectivity index (χ0) is 40.0. The van der Waals surface area contributed by atoms with Gasteiger partial charge >= 0.3 is 11.9 Å². The molecule has 0 spiro atoms. The Balaban J connectivity index is 1.45. The molecule has 1 aromatic heterocycles. The van der Waals surface area contributed by atoms with Crippen molar-refractivity contribution in [1.82, 2.24) is 15.4 Å². The van der Waals surface area contributed by atoms with Gasteiger partial charge in [-0.3, -0.25) is 14.4 Å². The Hall–Kier alpha value is -5.60.